The second kappa shape index (κ2) is 6.48. The lowest BCUT2D eigenvalue weighted by molar-refractivity contribution is -0.155. The van der Waals surface area contributed by atoms with Gasteiger partial charge in [0.05, 0.1) is 0 Å². The van der Waals surface area contributed by atoms with Gasteiger partial charge in [0.25, 0.3) is 0 Å². The molecule has 1 amide bonds. The lowest BCUT2D eigenvalue weighted by Gasteiger charge is -2.22. The summed E-state index contributed by atoms with van der Waals surface area (Å²) >= 11 is 0. The van der Waals surface area contributed by atoms with Crippen molar-refractivity contribution in [3.05, 3.63) is 0 Å². The van der Waals surface area contributed by atoms with E-state index in [0.717, 1.165) is 0 Å². The van der Waals surface area contributed by atoms with Crippen molar-refractivity contribution < 1.29 is 19.4 Å². The second-order valence-corrected chi connectivity index (χ2v) is 4.44. The Labute approximate surface area is 96.2 Å². The van der Waals surface area contributed by atoms with Crippen LogP contribution < -0.4 is 5.32 Å². The molecule has 0 aliphatic rings. The smallest absolute Gasteiger partial charge is 0.319 e. The second-order valence-electron chi connectivity index (χ2n) is 4.44. The number of carbonyl (C=O) groups is 2. The number of nitrogens with one attached hydrogen (secondary N) is 1. The first-order valence-electron chi connectivity index (χ1n) is 5.38. The van der Waals surface area contributed by atoms with Gasteiger partial charge < -0.3 is 15.2 Å². The third-order valence-corrected chi connectivity index (χ3v) is 2.40. The van der Waals surface area contributed by atoms with Crippen LogP contribution in [0.5, 0.6) is 0 Å². The molecular formula is C11H21NO4. The average Bonchev–Trinajstić information content (AvgIpc) is 2.22. The lowest BCUT2D eigenvalue weighted by Crippen LogP contribution is -2.43. The van der Waals surface area contributed by atoms with E-state index in [1.807, 2.05) is 13.8 Å². The molecule has 0 spiro atoms. The Morgan fingerprint density at radius 1 is 1.44 bits per heavy atom. The largest absolute Gasteiger partial charge is 0.480 e. The average molecular weight is 231 g/mol. The molecule has 0 aromatic heterocycles. The van der Waals surface area contributed by atoms with Crippen LogP contribution >= 0.6 is 0 Å². The topological polar surface area (TPSA) is 75.6 Å². The van der Waals surface area contributed by atoms with E-state index in [1.54, 1.807) is 0 Å². The number of carboxylic acids is 1. The Morgan fingerprint density at radius 2 is 2.00 bits per heavy atom. The van der Waals surface area contributed by atoms with Gasteiger partial charge in [0, 0.05) is 20.3 Å². The van der Waals surface area contributed by atoms with Crippen molar-refractivity contribution in [2.45, 2.75) is 27.2 Å². The maximum absolute atomic E-state index is 11.5. The van der Waals surface area contributed by atoms with Crippen LogP contribution in [-0.4, -0.2) is 37.2 Å². The van der Waals surface area contributed by atoms with Gasteiger partial charge in [0.15, 0.2) is 0 Å². The molecule has 0 aliphatic heterocycles. The van der Waals surface area contributed by atoms with E-state index in [2.05, 4.69) is 5.32 Å². The standard InChI is InChI=1S/C11H21NO4/c1-8(2)7-16-6-5-11(3,10(14)15)9(13)12-4/h8H,5-7H2,1-4H3,(H,12,13)(H,14,15). The van der Waals surface area contributed by atoms with Crippen molar-refractivity contribution in [1.82, 2.24) is 5.32 Å². The van der Waals surface area contributed by atoms with Crippen molar-refractivity contribution >= 4 is 11.9 Å². The fraction of sp³-hybridized carbons (Fsp3) is 0.818. The first-order chi connectivity index (χ1) is 7.34. The number of hydrogen-bond donors (Lipinski definition) is 2. The molecule has 0 radical (unpaired) electrons. The zero-order valence-electron chi connectivity index (χ0n) is 10.4. The number of rotatable bonds is 7. The number of carboxylic acid groups (broad SMARTS) is 1. The highest BCUT2D eigenvalue weighted by Gasteiger charge is 2.40. The van der Waals surface area contributed by atoms with Gasteiger partial charge in [0.2, 0.25) is 5.91 Å². The van der Waals surface area contributed by atoms with Crippen LogP contribution in [0.15, 0.2) is 0 Å². The van der Waals surface area contributed by atoms with Crippen LogP contribution in [0, 0.1) is 11.3 Å². The van der Waals surface area contributed by atoms with Crippen molar-refractivity contribution in [3.63, 3.8) is 0 Å². The van der Waals surface area contributed by atoms with Crippen molar-refractivity contribution in [2.75, 3.05) is 20.3 Å². The highest BCUT2D eigenvalue weighted by molar-refractivity contribution is 6.01. The minimum Gasteiger partial charge on any atom is -0.480 e. The van der Waals surface area contributed by atoms with Gasteiger partial charge in [-0.05, 0) is 19.3 Å². The first kappa shape index (κ1) is 14.9. The molecule has 0 fully saturated rings. The fourth-order valence-electron chi connectivity index (χ4n) is 1.19. The van der Waals surface area contributed by atoms with Crippen LogP contribution in [0.4, 0.5) is 0 Å². The first-order valence-corrected chi connectivity index (χ1v) is 5.38. The Morgan fingerprint density at radius 3 is 2.38 bits per heavy atom. The summed E-state index contributed by atoms with van der Waals surface area (Å²) in [5.41, 5.74) is -1.41. The minimum atomic E-state index is -1.41. The van der Waals surface area contributed by atoms with Crippen molar-refractivity contribution in [2.24, 2.45) is 11.3 Å². The van der Waals surface area contributed by atoms with E-state index in [-0.39, 0.29) is 13.0 Å². The van der Waals surface area contributed by atoms with E-state index in [9.17, 15) is 9.59 Å². The van der Waals surface area contributed by atoms with Gasteiger partial charge in [-0.15, -0.1) is 0 Å². The maximum atomic E-state index is 11.5. The number of hydrogen-bond acceptors (Lipinski definition) is 3. The Kier molecular flexibility index (Phi) is 6.03. The van der Waals surface area contributed by atoms with E-state index >= 15 is 0 Å². The summed E-state index contributed by atoms with van der Waals surface area (Å²) in [6, 6.07) is 0. The summed E-state index contributed by atoms with van der Waals surface area (Å²) in [7, 11) is 1.43. The number of ether oxygens (including phenoxy) is 1. The van der Waals surface area contributed by atoms with Crippen LogP contribution in [0.2, 0.25) is 0 Å². The predicted molar refractivity (Wildman–Crippen MR) is 60.1 cm³/mol. The summed E-state index contributed by atoms with van der Waals surface area (Å²) < 4.78 is 5.29. The van der Waals surface area contributed by atoms with Gasteiger partial charge >= 0.3 is 5.97 Å². The van der Waals surface area contributed by atoms with Gasteiger partial charge in [-0.1, -0.05) is 13.8 Å². The molecule has 1 unspecified atom stereocenters. The lowest BCUT2D eigenvalue weighted by atomic mass is 9.86. The Hall–Kier alpha value is -1.10. The maximum Gasteiger partial charge on any atom is 0.319 e. The van der Waals surface area contributed by atoms with Crippen LogP contribution in [0.1, 0.15) is 27.2 Å². The number of carbonyl (C=O) groups excluding carboxylic acids is 1. The highest BCUT2D eigenvalue weighted by Crippen LogP contribution is 2.22. The fourth-order valence-corrected chi connectivity index (χ4v) is 1.19. The predicted octanol–water partition coefficient (Wildman–Crippen LogP) is 0.886. The molecule has 0 aromatic carbocycles. The zero-order valence-corrected chi connectivity index (χ0v) is 10.4. The van der Waals surface area contributed by atoms with Crippen LogP contribution in [-0.2, 0) is 14.3 Å². The molecule has 0 aliphatic carbocycles. The number of amides is 1. The van der Waals surface area contributed by atoms with E-state index in [0.29, 0.717) is 12.5 Å². The molecule has 0 rings (SSSR count). The van der Waals surface area contributed by atoms with Gasteiger partial charge in [0.1, 0.15) is 5.41 Å². The minimum absolute atomic E-state index is 0.175. The summed E-state index contributed by atoms with van der Waals surface area (Å²) in [6.07, 6.45) is 0.175. The van der Waals surface area contributed by atoms with E-state index in [1.165, 1.54) is 14.0 Å². The van der Waals surface area contributed by atoms with Gasteiger partial charge in [-0.2, -0.15) is 0 Å². The van der Waals surface area contributed by atoms with E-state index < -0.39 is 17.3 Å². The molecule has 5 heteroatoms. The van der Waals surface area contributed by atoms with Crippen LogP contribution in [0.3, 0.4) is 0 Å². The number of aliphatic carboxylic acids is 1. The SMILES string of the molecule is CNC(=O)C(C)(CCOCC(C)C)C(=O)O. The highest BCUT2D eigenvalue weighted by atomic mass is 16.5. The Bertz CT molecular complexity index is 252. The zero-order chi connectivity index (χ0) is 12.8. The Balaban J connectivity index is 4.25. The van der Waals surface area contributed by atoms with Crippen molar-refractivity contribution in [1.29, 1.82) is 0 Å². The van der Waals surface area contributed by atoms with Gasteiger partial charge in [-0.3, -0.25) is 9.59 Å². The molecule has 16 heavy (non-hydrogen) atoms. The van der Waals surface area contributed by atoms with Crippen LogP contribution in [0.25, 0.3) is 0 Å². The molecule has 0 saturated carbocycles. The third kappa shape index (κ3) is 4.18. The molecule has 5 nitrogen and oxygen atoms in total. The molecular weight excluding hydrogens is 210 g/mol. The molecule has 2 N–H and O–H groups in total. The summed E-state index contributed by atoms with van der Waals surface area (Å²) in [4.78, 5) is 22.5. The molecule has 0 saturated heterocycles. The molecule has 0 bridgehead atoms. The summed E-state index contributed by atoms with van der Waals surface area (Å²) in [6.45, 7) is 6.27. The summed E-state index contributed by atoms with van der Waals surface area (Å²) in [5.74, 6) is -1.22. The molecule has 94 valence electrons. The molecule has 1 atom stereocenters. The van der Waals surface area contributed by atoms with E-state index in [4.69, 9.17) is 9.84 Å². The normalized spacial score (nSPS) is 14.6. The van der Waals surface area contributed by atoms with Crippen molar-refractivity contribution in [3.8, 4) is 0 Å². The molecule has 0 aromatic rings. The monoisotopic (exact) mass is 231 g/mol. The third-order valence-electron chi connectivity index (χ3n) is 2.40. The quantitative estimate of drug-likeness (QED) is 0.504. The van der Waals surface area contributed by atoms with Gasteiger partial charge in [-0.25, -0.2) is 0 Å². The molecule has 0 heterocycles. The summed E-state index contributed by atoms with van der Waals surface area (Å²) in [5, 5.41) is 11.4.